The number of alkyl halides is 3. The number of ether oxygens (including phenoxy) is 2. The number of hydrogen-bond acceptors (Lipinski definition) is 5. The summed E-state index contributed by atoms with van der Waals surface area (Å²) in [7, 11) is 1.52. The summed E-state index contributed by atoms with van der Waals surface area (Å²) in [6.07, 6.45) is -1.55. The molecule has 0 spiro atoms. The number of amides is 2. The number of anilines is 1. The predicted molar refractivity (Wildman–Crippen MR) is 118 cm³/mol. The third-order valence-electron chi connectivity index (χ3n) is 4.40. The van der Waals surface area contributed by atoms with Gasteiger partial charge in [-0.1, -0.05) is 19.4 Å². The van der Waals surface area contributed by atoms with Crippen LogP contribution in [-0.2, 0) is 15.8 Å². The van der Waals surface area contributed by atoms with E-state index in [1.165, 1.54) is 25.5 Å². The van der Waals surface area contributed by atoms with Gasteiger partial charge in [0, 0.05) is 18.5 Å². The predicted octanol–water partition coefficient (Wildman–Crippen LogP) is 4.76. The Hall–Kier alpha value is -3.56. The van der Waals surface area contributed by atoms with E-state index in [1.54, 1.807) is 18.2 Å². The molecule has 0 fully saturated rings. The highest BCUT2D eigenvalue weighted by Crippen LogP contribution is 2.30. The van der Waals surface area contributed by atoms with Gasteiger partial charge < -0.3 is 14.8 Å². The lowest BCUT2D eigenvalue weighted by molar-refractivity contribution is -0.137. The number of benzene rings is 2. The molecule has 0 saturated carbocycles. The Kier molecular flexibility index (Phi) is 9.71. The molecule has 0 atom stereocenters. The summed E-state index contributed by atoms with van der Waals surface area (Å²) in [6.45, 7) is 2.65. The monoisotopic (exact) mass is 465 g/mol. The molecule has 0 aliphatic heterocycles. The second kappa shape index (κ2) is 12.5. The van der Waals surface area contributed by atoms with Crippen LogP contribution in [0.15, 0.2) is 47.6 Å². The first-order chi connectivity index (χ1) is 15.7. The van der Waals surface area contributed by atoms with Gasteiger partial charge in [0.1, 0.15) is 0 Å². The van der Waals surface area contributed by atoms with E-state index < -0.39 is 23.6 Å². The molecule has 0 heterocycles. The highest BCUT2D eigenvalue weighted by Gasteiger charge is 2.30. The quantitative estimate of drug-likeness (QED) is 0.284. The molecule has 0 aliphatic rings. The minimum Gasteiger partial charge on any atom is -0.493 e. The molecule has 0 aromatic heterocycles. The van der Waals surface area contributed by atoms with Crippen molar-refractivity contribution >= 4 is 23.7 Å². The van der Waals surface area contributed by atoms with Crippen molar-refractivity contribution in [2.75, 3.05) is 19.0 Å². The van der Waals surface area contributed by atoms with Crippen LogP contribution in [-0.4, -0.2) is 31.7 Å². The SMILES string of the molecule is CCCCOc1ccc(C=NNC(=O)CCC(=O)Nc2cccc(C(F)(F)F)c2)cc1OC. The van der Waals surface area contributed by atoms with Gasteiger partial charge in [-0.2, -0.15) is 18.3 Å². The molecule has 2 aromatic carbocycles. The molecule has 2 rings (SSSR count). The van der Waals surface area contributed by atoms with Crippen LogP contribution in [0.4, 0.5) is 18.9 Å². The average Bonchev–Trinajstić information content (AvgIpc) is 2.78. The number of carbonyl (C=O) groups excluding carboxylic acids is 2. The van der Waals surface area contributed by atoms with Crippen molar-refractivity contribution in [3.05, 3.63) is 53.6 Å². The summed E-state index contributed by atoms with van der Waals surface area (Å²) in [6, 6.07) is 9.47. The largest absolute Gasteiger partial charge is 0.493 e. The summed E-state index contributed by atoms with van der Waals surface area (Å²) < 4.78 is 49.2. The van der Waals surface area contributed by atoms with Crippen molar-refractivity contribution < 1.29 is 32.2 Å². The molecular weight excluding hydrogens is 439 g/mol. The summed E-state index contributed by atoms with van der Waals surface area (Å²) in [5.41, 5.74) is 2.10. The molecule has 10 heteroatoms. The normalized spacial score (nSPS) is 11.3. The molecule has 7 nitrogen and oxygen atoms in total. The van der Waals surface area contributed by atoms with Gasteiger partial charge >= 0.3 is 6.18 Å². The van der Waals surface area contributed by atoms with Gasteiger partial charge in [-0.3, -0.25) is 9.59 Å². The zero-order chi connectivity index (χ0) is 24.3. The highest BCUT2D eigenvalue weighted by molar-refractivity contribution is 5.93. The number of nitrogens with zero attached hydrogens (tertiary/aromatic N) is 1. The van der Waals surface area contributed by atoms with E-state index in [0.717, 1.165) is 25.0 Å². The third kappa shape index (κ3) is 8.83. The molecule has 0 unspecified atom stereocenters. The number of rotatable bonds is 11. The molecule has 0 saturated heterocycles. The fraction of sp³-hybridized carbons (Fsp3) is 0.348. The van der Waals surface area contributed by atoms with Crippen molar-refractivity contribution in [1.82, 2.24) is 5.43 Å². The highest BCUT2D eigenvalue weighted by atomic mass is 19.4. The van der Waals surface area contributed by atoms with Gasteiger partial charge in [-0.25, -0.2) is 5.43 Å². The lowest BCUT2D eigenvalue weighted by Crippen LogP contribution is -2.20. The first kappa shape index (κ1) is 25.7. The molecule has 0 radical (unpaired) electrons. The number of hydrogen-bond donors (Lipinski definition) is 2. The smallest absolute Gasteiger partial charge is 0.416 e. The molecule has 33 heavy (non-hydrogen) atoms. The topological polar surface area (TPSA) is 89.0 Å². The van der Waals surface area contributed by atoms with Gasteiger partial charge in [-0.05, 0) is 48.4 Å². The van der Waals surface area contributed by atoms with E-state index in [4.69, 9.17) is 9.47 Å². The molecule has 2 amide bonds. The van der Waals surface area contributed by atoms with Gasteiger partial charge in [0.25, 0.3) is 0 Å². The Morgan fingerprint density at radius 2 is 1.82 bits per heavy atom. The van der Waals surface area contributed by atoms with Crippen LogP contribution in [0.25, 0.3) is 0 Å². The number of unbranched alkanes of at least 4 members (excludes halogenated alkanes) is 1. The molecule has 178 valence electrons. The second-order valence-electron chi connectivity index (χ2n) is 7.03. The first-order valence-electron chi connectivity index (χ1n) is 10.3. The second-order valence-corrected chi connectivity index (χ2v) is 7.03. The van der Waals surface area contributed by atoms with Gasteiger partial charge in [0.05, 0.1) is 25.5 Å². The van der Waals surface area contributed by atoms with Crippen LogP contribution in [0.2, 0.25) is 0 Å². The van der Waals surface area contributed by atoms with E-state index in [9.17, 15) is 22.8 Å². The maximum atomic E-state index is 12.7. The van der Waals surface area contributed by atoms with E-state index in [-0.39, 0.29) is 18.5 Å². The zero-order valence-corrected chi connectivity index (χ0v) is 18.4. The Bertz CT molecular complexity index is 978. The van der Waals surface area contributed by atoms with Gasteiger partial charge in [-0.15, -0.1) is 0 Å². The van der Waals surface area contributed by atoms with Crippen LogP contribution in [0.1, 0.15) is 43.7 Å². The molecule has 0 bridgehead atoms. The Morgan fingerprint density at radius 3 is 2.52 bits per heavy atom. The van der Waals surface area contributed by atoms with E-state index >= 15 is 0 Å². The fourth-order valence-electron chi connectivity index (χ4n) is 2.67. The first-order valence-corrected chi connectivity index (χ1v) is 10.3. The van der Waals surface area contributed by atoms with Gasteiger partial charge in [0.2, 0.25) is 11.8 Å². The van der Waals surface area contributed by atoms with E-state index in [0.29, 0.717) is 23.7 Å². The lowest BCUT2D eigenvalue weighted by Gasteiger charge is -2.10. The minimum atomic E-state index is -4.51. The Morgan fingerprint density at radius 1 is 1.06 bits per heavy atom. The summed E-state index contributed by atoms with van der Waals surface area (Å²) in [5.74, 6) is 0.0420. The number of nitrogens with one attached hydrogen (secondary N) is 2. The van der Waals surface area contributed by atoms with Crippen molar-refractivity contribution in [3.8, 4) is 11.5 Å². The summed E-state index contributed by atoms with van der Waals surface area (Å²) >= 11 is 0. The Balaban J connectivity index is 1.81. The van der Waals surface area contributed by atoms with E-state index in [2.05, 4.69) is 22.8 Å². The number of methoxy groups -OCH3 is 1. The summed E-state index contributed by atoms with van der Waals surface area (Å²) in [5, 5.41) is 6.19. The molecular formula is C23H26F3N3O4. The number of hydrazone groups is 1. The van der Waals surface area contributed by atoms with E-state index in [1.807, 2.05) is 0 Å². The van der Waals surface area contributed by atoms with Crippen LogP contribution in [0.3, 0.4) is 0 Å². The third-order valence-corrected chi connectivity index (χ3v) is 4.40. The summed E-state index contributed by atoms with van der Waals surface area (Å²) in [4.78, 5) is 23.8. The minimum absolute atomic E-state index is 0.00400. The van der Waals surface area contributed by atoms with Crippen LogP contribution < -0.4 is 20.2 Å². The molecule has 0 aliphatic carbocycles. The lowest BCUT2D eigenvalue weighted by atomic mass is 10.2. The fourth-order valence-corrected chi connectivity index (χ4v) is 2.67. The van der Waals surface area contributed by atoms with Crippen LogP contribution >= 0.6 is 0 Å². The number of carbonyl (C=O) groups is 2. The Labute approximate surface area is 190 Å². The maximum Gasteiger partial charge on any atom is 0.416 e. The van der Waals surface area contributed by atoms with Crippen molar-refractivity contribution in [1.29, 1.82) is 0 Å². The van der Waals surface area contributed by atoms with Crippen LogP contribution in [0.5, 0.6) is 11.5 Å². The zero-order valence-electron chi connectivity index (χ0n) is 18.4. The van der Waals surface area contributed by atoms with Crippen LogP contribution in [0, 0.1) is 0 Å². The number of halogens is 3. The van der Waals surface area contributed by atoms with Crippen molar-refractivity contribution in [2.24, 2.45) is 5.10 Å². The standard InChI is InChI=1S/C23H26F3N3O4/c1-3-4-12-33-19-9-8-16(13-20(19)32-2)15-27-29-22(31)11-10-21(30)28-18-7-5-6-17(14-18)23(24,25)26/h5-9,13-15H,3-4,10-12H2,1-2H3,(H,28,30)(H,29,31). The van der Waals surface area contributed by atoms with Gasteiger partial charge in [0.15, 0.2) is 11.5 Å². The maximum absolute atomic E-state index is 12.7. The van der Waals surface area contributed by atoms with Crippen molar-refractivity contribution in [2.45, 2.75) is 38.8 Å². The molecule has 2 N–H and O–H groups in total. The average molecular weight is 465 g/mol. The molecule has 2 aromatic rings. The van der Waals surface area contributed by atoms with Crippen molar-refractivity contribution in [3.63, 3.8) is 0 Å².